The van der Waals surface area contributed by atoms with Crippen LogP contribution in [0.1, 0.15) is 18.1 Å². The molecule has 0 aliphatic rings. The van der Waals surface area contributed by atoms with Crippen molar-refractivity contribution < 1.29 is 4.74 Å². The summed E-state index contributed by atoms with van der Waals surface area (Å²) in [5.41, 5.74) is 2.08. The van der Waals surface area contributed by atoms with Crippen molar-refractivity contribution >= 4 is 0 Å². The van der Waals surface area contributed by atoms with Crippen molar-refractivity contribution in [1.29, 1.82) is 0 Å². The highest BCUT2D eigenvalue weighted by Gasteiger charge is 2.01. The molecule has 1 heterocycles. The van der Waals surface area contributed by atoms with E-state index in [0.29, 0.717) is 12.4 Å². The molecule has 0 atom stereocenters. The van der Waals surface area contributed by atoms with Crippen LogP contribution in [-0.2, 0) is 13.0 Å². The van der Waals surface area contributed by atoms with Gasteiger partial charge >= 0.3 is 5.69 Å². The van der Waals surface area contributed by atoms with E-state index in [0.717, 1.165) is 12.0 Å². The molecule has 0 amide bonds. The van der Waals surface area contributed by atoms with Gasteiger partial charge in [0.15, 0.2) is 0 Å². The molecule has 0 unspecified atom stereocenters. The smallest absolute Gasteiger partial charge is 0.351 e. The molecule has 18 heavy (non-hydrogen) atoms. The lowest BCUT2D eigenvalue weighted by Crippen LogP contribution is -2.22. The Morgan fingerprint density at radius 3 is 2.39 bits per heavy atom. The second kappa shape index (κ2) is 5.49. The minimum atomic E-state index is -0.297. The van der Waals surface area contributed by atoms with Crippen LogP contribution in [0, 0.1) is 0 Å². The van der Waals surface area contributed by atoms with E-state index in [-0.39, 0.29) is 5.69 Å². The minimum Gasteiger partial charge on any atom is -0.481 e. The molecule has 2 aromatic rings. The predicted molar refractivity (Wildman–Crippen MR) is 70.0 cm³/mol. The average molecular weight is 244 g/mol. The molecular weight excluding hydrogens is 228 g/mol. The zero-order valence-electron chi connectivity index (χ0n) is 10.6. The Kier molecular flexibility index (Phi) is 3.77. The van der Waals surface area contributed by atoms with Gasteiger partial charge in [0.1, 0.15) is 0 Å². The molecule has 0 fully saturated rings. The highest BCUT2D eigenvalue weighted by molar-refractivity contribution is 5.22. The van der Waals surface area contributed by atoms with Crippen LogP contribution in [0.5, 0.6) is 5.88 Å². The molecule has 0 N–H and O–H groups in total. The molecule has 1 aromatic carbocycles. The molecule has 0 saturated heterocycles. The number of methoxy groups -OCH3 is 1. The normalized spacial score (nSPS) is 10.3. The Balaban J connectivity index is 2.20. The summed E-state index contributed by atoms with van der Waals surface area (Å²) in [6.07, 6.45) is 2.71. The second-order valence-electron chi connectivity index (χ2n) is 4.05. The third-order valence-electron chi connectivity index (χ3n) is 2.84. The molecule has 94 valence electrons. The van der Waals surface area contributed by atoms with Crippen molar-refractivity contribution in [3.63, 3.8) is 0 Å². The lowest BCUT2D eigenvalue weighted by atomic mass is 10.1. The van der Waals surface area contributed by atoms with Crippen molar-refractivity contribution in [3.05, 3.63) is 58.1 Å². The molecule has 0 radical (unpaired) electrons. The number of hydrogen-bond donors (Lipinski definition) is 0. The summed E-state index contributed by atoms with van der Waals surface area (Å²) in [7, 11) is 1.50. The fraction of sp³-hybridized carbons (Fsp3) is 0.286. The summed E-state index contributed by atoms with van der Waals surface area (Å²) in [5.74, 6) is 0.345. The number of nitrogens with zero attached hydrogens (tertiary/aromatic N) is 2. The van der Waals surface area contributed by atoms with Crippen molar-refractivity contribution in [2.24, 2.45) is 0 Å². The van der Waals surface area contributed by atoms with E-state index in [4.69, 9.17) is 4.74 Å². The van der Waals surface area contributed by atoms with Gasteiger partial charge < -0.3 is 4.74 Å². The molecule has 0 aliphatic heterocycles. The van der Waals surface area contributed by atoms with Crippen LogP contribution in [0.15, 0.2) is 41.3 Å². The van der Waals surface area contributed by atoms with Gasteiger partial charge in [-0.2, -0.15) is 4.98 Å². The number of benzene rings is 1. The molecule has 0 aliphatic carbocycles. The summed E-state index contributed by atoms with van der Waals surface area (Å²) in [5, 5.41) is 0. The van der Waals surface area contributed by atoms with E-state index in [2.05, 4.69) is 24.0 Å². The van der Waals surface area contributed by atoms with E-state index in [1.165, 1.54) is 12.7 Å². The van der Waals surface area contributed by atoms with Crippen LogP contribution in [-0.4, -0.2) is 16.7 Å². The number of rotatable bonds is 4. The fourth-order valence-electron chi connectivity index (χ4n) is 1.72. The number of aryl methyl sites for hydroxylation is 1. The first-order chi connectivity index (χ1) is 8.72. The average Bonchev–Trinajstić information content (AvgIpc) is 2.42. The monoisotopic (exact) mass is 244 g/mol. The van der Waals surface area contributed by atoms with Gasteiger partial charge in [0.05, 0.1) is 13.7 Å². The zero-order valence-corrected chi connectivity index (χ0v) is 10.6. The molecular formula is C14H16N2O2. The third kappa shape index (κ3) is 2.77. The molecule has 1 aromatic heterocycles. The Morgan fingerprint density at radius 1 is 1.17 bits per heavy atom. The summed E-state index contributed by atoms with van der Waals surface area (Å²) < 4.78 is 6.47. The topological polar surface area (TPSA) is 44.1 Å². The van der Waals surface area contributed by atoms with Gasteiger partial charge in [0, 0.05) is 12.3 Å². The lowest BCUT2D eigenvalue weighted by molar-refractivity contribution is 0.392. The Bertz CT molecular complexity index is 573. The Labute approximate surface area is 106 Å². The third-order valence-corrected chi connectivity index (χ3v) is 2.84. The molecule has 4 nitrogen and oxygen atoms in total. The molecule has 0 spiro atoms. The first-order valence-electron chi connectivity index (χ1n) is 5.92. The van der Waals surface area contributed by atoms with Gasteiger partial charge in [-0.3, -0.25) is 4.57 Å². The fourth-order valence-corrected chi connectivity index (χ4v) is 1.72. The van der Waals surface area contributed by atoms with Gasteiger partial charge in [-0.25, -0.2) is 4.79 Å². The Hall–Kier alpha value is -2.10. The standard InChI is InChI=1S/C14H16N2O2/c1-3-11-4-6-12(7-5-11)10-16-9-8-13(18-2)15-14(16)17/h4-9H,3,10H2,1-2H3. The highest BCUT2D eigenvalue weighted by Crippen LogP contribution is 2.07. The zero-order chi connectivity index (χ0) is 13.0. The summed E-state index contributed by atoms with van der Waals surface area (Å²) in [6, 6.07) is 9.92. The van der Waals surface area contributed by atoms with Crippen LogP contribution in [0.3, 0.4) is 0 Å². The number of ether oxygens (including phenoxy) is 1. The van der Waals surface area contributed by atoms with Gasteiger partial charge in [0.2, 0.25) is 5.88 Å². The SMILES string of the molecule is CCc1ccc(Cn2ccc(OC)nc2=O)cc1. The summed E-state index contributed by atoms with van der Waals surface area (Å²) >= 11 is 0. The summed E-state index contributed by atoms with van der Waals surface area (Å²) in [6.45, 7) is 2.65. The van der Waals surface area contributed by atoms with E-state index in [1.54, 1.807) is 16.8 Å². The minimum absolute atomic E-state index is 0.297. The van der Waals surface area contributed by atoms with Crippen molar-refractivity contribution in [1.82, 2.24) is 9.55 Å². The maximum Gasteiger partial charge on any atom is 0.351 e. The number of aromatic nitrogens is 2. The van der Waals surface area contributed by atoms with Crippen molar-refractivity contribution in [2.45, 2.75) is 19.9 Å². The van der Waals surface area contributed by atoms with Gasteiger partial charge in [-0.1, -0.05) is 31.2 Å². The summed E-state index contributed by atoms with van der Waals surface area (Å²) in [4.78, 5) is 15.5. The van der Waals surface area contributed by atoms with Crippen LogP contribution < -0.4 is 10.4 Å². The van der Waals surface area contributed by atoms with Crippen LogP contribution in [0.2, 0.25) is 0 Å². The first-order valence-corrected chi connectivity index (χ1v) is 5.92. The number of hydrogen-bond acceptors (Lipinski definition) is 3. The van der Waals surface area contributed by atoms with Crippen LogP contribution in [0.25, 0.3) is 0 Å². The largest absolute Gasteiger partial charge is 0.481 e. The van der Waals surface area contributed by atoms with E-state index >= 15 is 0 Å². The molecule has 4 heteroatoms. The van der Waals surface area contributed by atoms with Gasteiger partial charge in [0.25, 0.3) is 0 Å². The van der Waals surface area contributed by atoms with E-state index in [9.17, 15) is 4.79 Å². The van der Waals surface area contributed by atoms with E-state index in [1.807, 2.05) is 12.1 Å². The van der Waals surface area contributed by atoms with Crippen LogP contribution in [0.4, 0.5) is 0 Å². The van der Waals surface area contributed by atoms with E-state index < -0.39 is 0 Å². The first kappa shape index (κ1) is 12.4. The second-order valence-corrected chi connectivity index (χ2v) is 4.05. The molecule has 0 bridgehead atoms. The van der Waals surface area contributed by atoms with Gasteiger partial charge in [-0.15, -0.1) is 0 Å². The Morgan fingerprint density at radius 2 is 1.83 bits per heavy atom. The quantitative estimate of drug-likeness (QED) is 0.824. The van der Waals surface area contributed by atoms with Gasteiger partial charge in [-0.05, 0) is 17.5 Å². The van der Waals surface area contributed by atoms with Crippen molar-refractivity contribution in [2.75, 3.05) is 7.11 Å². The molecule has 2 rings (SSSR count). The van der Waals surface area contributed by atoms with Crippen molar-refractivity contribution in [3.8, 4) is 5.88 Å². The lowest BCUT2D eigenvalue weighted by Gasteiger charge is -2.06. The maximum atomic E-state index is 11.7. The maximum absolute atomic E-state index is 11.7. The predicted octanol–water partition coefficient (Wildman–Crippen LogP) is 1.86. The highest BCUT2D eigenvalue weighted by atomic mass is 16.5. The molecule has 0 saturated carbocycles. The van der Waals surface area contributed by atoms with Crippen LogP contribution >= 0.6 is 0 Å².